The van der Waals surface area contributed by atoms with Crippen LogP contribution >= 0.6 is 11.3 Å². The number of fused-ring (bicyclic) bond motifs is 1. The number of nitrogens with zero attached hydrogens (tertiary/aromatic N) is 2. The molecule has 1 aromatic carbocycles. The Morgan fingerprint density at radius 2 is 2.04 bits per heavy atom. The first-order valence-electron chi connectivity index (χ1n) is 7.37. The van der Waals surface area contributed by atoms with E-state index >= 15 is 0 Å². The number of nitrogens with one attached hydrogen (secondary N) is 1. The van der Waals surface area contributed by atoms with Gasteiger partial charge in [0, 0.05) is 11.9 Å². The molecule has 0 spiro atoms. The van der Waals surface area contributed by atoms with Crippen molar-refractivity contribution in [3.05, 3.63) is 52.7 Å². The highest BCUT2D eigenvalue weighted by Crippen LogP contribution is 2.30. The summed E-state index contributed by atoms with van der Waals surface area (Å²) >= 11 is 1.41. The fourth-order valence-electron chi connectivity index (χ4n) is 2.26. The van der Waals surface area contributed by atoms with Gasteiger partial charge in [-0.2, -0.15) is 0 Å². The minimum Gasteiger partial charge on any atom is -0.462 e. The minimum atomic E-state index is -0.341. The zero-order valence-electron chi connectivity index (χ0n) is 13.0. The summed E-state index contributed by atoms with van der Waals surface area (Å²) in [6, 6.07) is 8.28. The van der Waals surface area contributed by atoms with E-state index in [1.165, 1.54) is 23.2 Å². The van der Waals surface area contributed by atoms with Crippen LogP contribution < -0.4 is 5.32 Å². The van der Waals surface area contributed by atoms with Crippen LogP contribution in [0.5, 0.6) is 0 Å². The van der Waals surface area contributed by atoms with E-state index in [1.807, 2.05) is 0 Å². The van der Waals surface area contributed by atoms with Crippen LogP contribution in [0.3, 0.4) is 0 Å². The molecule has 0 aliphatic carbocycles. The average molecular weight is 327 g/mol. The molecule has 23 heavy (non-hydrogen) atoms. The third-order valence-corrected chi connectivity index (χ3v) is 4.33. The highest BCUT2D eigenvalue weighted by molar-refractivity contribution is 7.17. The minimum absolute atomic E-state index is 0.341. The molecule has 6 heteroatoms. The molecule has 0 fully saturated rings. The molecule has 0 amide bonds. The SMILES string of the molecule is CCOC(=O)c1csc2ncnc(NCc3ccc(C)cc3)c12. The molecule has 0 aliphatic heterocycles. The molecule has 0 radical (unpaired) electrons. The van der Waals surface area contributed by atoms with Crippen LogP contribution in [0.15, 0.2) is 36.0 Å². The summed E-state index contributed by atoms with van der Waals surface area (Å²) < 4.78 is 5.11. The van der Waals surface area contributed by atoms with Crippen molar-refractivity contribution in [2.45, 2.75) is 20.4 Å². The number of benzene rings is 1. The lowest BCUT2D eigenvalue weighted by Crippen LogP contribution is -2.07. The average Bonchev–Trinajstić information content (AvgIpc) is 2.99. The van der Waals surface area contributed by atoms with Crippen molar-refractivity contribution < 1.29 is 9.53 Å². The van der Waals surface area contributed by atoms with Gasteiger partial charge in [-0.05, 0) is 19.4 Å². The molecule has 0 unspecified atom stereocenters. The van der Waals surface area contributed by atoms with Gasteiger partial charge in [-0.15, -0.1) is 11.3 Å². The van der Waals surface area contributed by atoms with Gasteiger partial charge in [0.05, 0.1) is 17.6 Å². The van der Waals surface area contributed by atoms with Gasteiger partial charge in [-0.3, -0.25) is 0 Å². The standard InChI is InChI=1S/C17H17N3O2S/c1-3-22-17(21)13-9-23-16-14(13)15(19-10-20-16)18-8-12-6-4-11(2)5-7-12/h4-7,9-10H,3,8H2,1-2H3,(H,18,19,20). The number of rotatable bonds is 5. The molecule has 0 atom stereocenters. The van der Waals surface area contributed by atoms with E-state index in [0.29, 0.717) is 24.5 Å². The Labute approximate surface area is 138 Å². The monoisotopic (exact) mass is 327 g/mol. The van der Waals surface area contributed by atoms with Gasteiger partial charge in [0.2, 0.25) is 0 Å². The number of ether oxygens (including phenoxy) is 1. The Morgan fingerprint density at radius 3 is 2.78 bits per heavy atom. The first kappa shape index (κ1) is 15.4. The number of aromatic nitrogens is 2. The van der Waals surface area contributed by atoms with Gasteiger partial charge in [0.25, 0.3) is 0 Å². The van der Waals surface area contributed by atoms with Crippen LogP contribution in [0.2, 0.25) is 0 Å². The number of carbonyl (C=O) groups excluding carboxylic acids is 1. The van der Waals surface area contributed by atoms with Crippen LogP contribution in [-0.4, -0.2) is 22.5 Å². The maximum absolute atomic E-state index is 12.1. The summed E-state index contributed by atoms with van der Waals surface area (Å²) in [5, 5.41) is 5.79. The van der Waals surface area contributed by atoms with E-state index in [-0.39, 0.29) is 5.97 Å². The third kappa shape index (κ3) is 3.32. The van der Waals surface area contributed by atoms with Gasteiger partial charge < -0.3 is 10.1 Å². The Kier molecular flexibility index (Phi) is 4.52. The summed E-state index contributed by atoms with van der Waals surface area (Å²) in [5.74, 6) is 0.312. The lowest BCUT2D eigenvalue weighted by molar-refractivity contribution is 0.0529. The highest BCUT2D eigenvalue weighted by atomic mass is 32.1. The van der Waals surface area contributed by atoms with E-state index in [4.69, 9.17) is 4.74 Å². The van der Waals surface area contributed by atoms with Crippen LogP contribution in [0.4, 0.5) is 5.82 Å². The molecule has 1 N–H and O–H groups in total. The number of hydrogen-bond donors (Lipinski definition) is 1. The third-order valence-electron chi connectivity index (χ3n) is 3.45. The molecule has 118 valence electrons. The van der Waals surface area contributed by atoms with Crippen LogP contribution in [0.25, 0.3) is 10.2 Å². The molecule has 5 nitrogen and oxygen atoms in total. The fourth-order valence-corrected chi connectivity index (χ4v) is 3.14. The number of anilines is 1. The Hall–Kier alpha value is -2.47. The molecule has 3 aromatic rings. The Balaban J connectivity index is 1.89. The van der Waals surface area contributed by atoms with Gasteiger partial charge in [-0.25, -0.2) is 14.8 Å². The second-order valence-electron chi connectivity index (χ2n) is 5.11. The molecule has 0 aliphatic rings. The van der Waals surface area contributed by atoms with Crippen molar-refractivity contribution in [3.8, 4) is 0 Å². The predicted octanol–water partition coefficient (Wildman–Crippen LogP) is 3.79. The summed E-state index contributed by atoms with van der Waals surface area (Å²) in [6.45, 7) is 4.82. The van der Waals surface area contributed by atoms with E-state index in [0.717, 1.165) is 15.8 Å². The van der Waals surface area contributed by atoms with E-state index in [2.05, 4.69) is 46.5 Å². The summed E-state index contributed by atoms with van der Waals surface area (Å²) in [6.07, 6.45) is 1.51. The fraction of sp³-hybridized carbons (Fsp3) is 0.235. The van der Waals surface area contributed by atoms with Gasteiger partial charge in [0.1, 0.15) is 17.0 Å². The maximum Gasteiger partial charge on any atom is 0.339 e. The number of thiophene rings is 1. The molecule has 0 saturated heterocycles. The maximum atomic E-state index is 12.1. The smallest absolute Gasteiger partial charge is 0.339 e. The lowest BCUT2D eigenvalue weighted by Gasteiger charge is -2.08. The van der Waals surface area contributed by atoms with Crippen molar-refractivity contribution >= 4 is 33.3 Å². The molecule has 2 heterocycles. The highest BCUT2D eigenvalue weighted by Gasteiger charge is 2.18. The summed E-state index contributed by atoms with van der Waals surface area (Å²) in [7, 11) is 0. The van der Waals surface area contributed by atoms with Crippen LogP contribution in [0, 0.1) is 6.92 Å². The van der Waals surface area contributed by atoms with Crippen molar-refractivity contribution in [1.82, 2.24) is 9.97 Å². The van der Waals surface area contributed by atoms with Gasteiger partial charge >= 0.3 is 5.97 Å². The number of esters is 1. The number of carbonyl (C=O) groups is 1. The van der Waals surface area contributed by atoms with Crippen LogP contribution in [-0.2, 0) is 11.3 Å². The van der Waals surface area contributed by atoms with E-state index in [1.54, 1.807) is 12.3 Å². The predicted molar refractivity (Wildman–Crippen MR) is 91.9 cm³/mol. The zero-order valence-corrected chi connectivity index (χ0v) is 13.8. The van der Waals surface area contributed by atoms with Gasteiger partial charge in [0.15, 0.2) is 0 Å². The van der Waals surface area contributed by atoms with Gasteiger partial charge in [-0.1, -0.05) is 29.8 Å². The van der Waals surface area contributed by atoms with E-state index in [9.17, 15) is 4.79 Å². The second-order valence-corrected chi connectivity index (χ2v) is 5.97. The van der Waals surface area contributed by atoms with E-state index < -0.39 is 0 Å². The quantitative estimate of drug-likeness (QED) is 0.722. The summed E-state index contributed by atoms with van der Waals surface area (Å²) in [4.78, 5) is 21.4. The molecule has 3 rings (SSSR count). The molecular formula is C17H17N3O2S. The first-order chi connectivity index (χ1) is 11.2. The van der Waals surface area contributed by atoms with Crippen molar-refractivity contribution in [1.29, 1.82) is 0 Å². The molecule has 0 saturated carbocycles. The van der Waals surface area contributed by atoms with Crippen LogP contribution in [0.1, 0.15) is 28.4 Å². The Bertz CT molecular complexity index is 827. The first-order valence-corrected chi connectivity index (χ1v) is 8.25. The topological polar surface area (TPSA) is 64.1 Å². The number of hydrogen-bond acceptors (Lipinski definition) is 6. The molecule has 2 aromatic heterocycles. The van der Waals surface area contributed by atoms with Crippen molar-refractivity contribution in [2.24, 2.45) is 0 Å². The largest absolute Gasteiger partial charge is 0.462 e. The molecular weight excluding hydrogens is 310 g/mol. The number of aryl methyl sites for hydroxylation is 1. The zero-order chi connectivity index (χ0) is 16.2. The second kappa shape index (κ2) is 6.75. The molecule has 0 bridgehead atoms. The normalized spacial score (nSPS) is 10.7. The summed E-state index contributed by atoms with van der Waals surface area (Å²) in [5.41, 5.74) is 2.88. The lowest BCUT2D eigenvalue weighted by atomic mass is 10.1. The van der Waals surface area contributed by atoms with Crippen molar-refractivity contribution in [3.63, 3.8) is 0 Å². The Morgan fingerprint density at radius 1 is 1.26 bits per heavy atom. The van der Waals surface area contributed by atoms with Crippen molar-refractivity contribution in [2.75, 3.05) is 11.9 Å².